The van der Waals surface area contributed by atoms with E-state index in [4.69, 9.17) is 0 Å². The number of rotatable bonds is 6. The van der Waals surface area contributed by atoms with E-state index in [1.165, 1.54) is 19.3 Å². The van der Waals surface area contributed by atoms with Crippen LogP contribution in [0.3, 0.4) is 0 Å². The van der Waals surface area contributed by atoms with Crippen LogP contribution in [-0.2, 0) is 9.59 Å². The minimum Gasteiger partial charge on any atom is -0.301 e. The molecule has 1 saturated carbocycles. The highest BCUT2D eigenvalue weighted by Gasteiger charge is 2.44. The third-order valence-electron chi connectivity index (χ3n) is 7.23. The van der Waals surface area contributed by atoms with Gasteiger partial charge in [0.15, 0.2) is 0 Å². The lowest BCUT2D eigenvalue weighted by molar-refractivity contribution is -0.153. The van der Waals surface area contributed by atoms with Crippen LogP contribution in [0.25, 0.3) is 0 Å². The van der Waals surface area contributed by atoms with Crippen LogP contribution in [0.1, 0.15) is 57.8 Å². The van der Waals surface area contributed by atoms with Crippen LogP contribution >= 0.6 is 0 Å². The van der Waals surface area contributed by atoms with Crippen molar-refractivity contribution in [1.82, 2.24) is 25.3 Å². The summed E-state index contributed by atoms with van der Waals surface area (Å²) in [6.45, 7) is 8.28. The Labute approximate surface area is 169 Å². The van der Waals surface area contributed by atoms with Crippen molar-refractivity contribution in [3.63, 3.8) is 0 Å². The highest BCUT2D eigenvalue weighted by molar-refractivity contribution is 5.98. The van der Waals surface area contributed by atoms with E-state index in [1.54, 1.807) is 4.90 Å². The summed E-state index contributed by atoms with van der Waals surface area (Å²) in [6, 6.07) is 0. The Morgan fingerprint density at radius 3 is 2.07 bits per heavy atom. The molecule has 1 spiro atoms. The smallest absolute Gasteiger partial charge is 0.229 e. The van der Waals surface area contributed by atoms with Crippen molar-refractivity contribution in [2.24, 2.45) is 5.41 Å². The summed E-state index contributed by atoms with van der Waals surface area (Å²) in [5.41, 5.74) is 0.0202. The van der Waals surface area contributed by atoms with Crippen molar-refractivity contribution in [3.8, 4) is 0 Å². The van der Waals surface area contributed by atoms with E-state index in [-0.39, 0.29) is 17.2 Å². The molecule has 3 heterocycles. The first kappa shape index (κ1) is 20.3. The average molecular weight is 392 g/mol. The SMILES string of the molecule is O=C1CC2(CCCC2)CC(=O)N1CCCCN1CCN(C2NCCCN2)CC1. The van der Waals surface area contributed by atoms with Crippen LogP contribution in [0.4, 0.5) is 0 Å². The van der Waals surface area contributed by atoms with E-state index >= 15 is 0 Å². The van der Waals surface area contributed by atoms with Gasteiger partial charge in [0.1, 0.15) is 6.29 Å². The topological polar surface area (TPSA) is 67.9 Å². The quantitative estimate of drug-likeness (QED) is 0.519. The van der Waals surface area contributed by atoms with Gasteiger partial charge < -0.3 is 4.90 Å². The lowest BCUT2D eigenvalue weighted by Gasteiger charge is -2.41. The Bertz CT molecular complexity index is 529. The Hall–Kier alpha value is -1.02. The van der Waals surface area contributed by atoms with Gasteiger partial charge in [-0.2, -0.15) is 0 Å². The van der Waals surface area contributed by atoms with Gasteiger partial charge in [0.25, 0.3) is 0 Å². The molecule has 0 atom stereocenters. The second kappa shape index (κ2) is 9.20. The molecule has 158 valence electrons. The van der Waals surface area contributed by atoms with Crippen molar-refractivity contribution in [2.45, 2.75) is 64.1 Å². The number of hydrogen-bond donors (Lipinski definition) is 2. The van der Waals surface area contributed by atoms with Gasteiger partial charge in [-0.05, 0) is 57.2 Å². The zero-order valence-electron chi connectivity index (χ0n) is 17.3. The van der Waals surface area contributed by atoms with Gasteiger partial charge in [0.2, 0.25) is 11.8 Å². The molecule has 0 bridgehead atoms. The predicted octanol–water partition coefficient (Wildman–Crippen LogP) is 0.960. The maximum Gasteiger partial charge on any atom is 0.229 e. The summed E-state index contributed by atoms with van der Waals surface area (Å²) < 4.78 is 0. The Morgan fingerprint density at radius 1 is 0.821 bits per heavy atom. The Balaban J connectivity index is 1.13. The molecular formula is C21H37N5O2. The number of hydrogen-bond acceptors (Lipinski definition) is 6. The second-order valence-corrected chi connectivity index (χ2v) is 9.25. The van der Waals surface area contributed by atoms with E-state index in [0.29, 0.717) is 25.7 Å². The molecule has 4 fully saturated rings. The van der Waals surface area contributed by atoms with Gasteiger partial charge in [-0.1, -0.05) is 12.8 Å². The van der Waals surface area contributed by atoms with Crippen LogP contribution in [0, 0.1) is 5.41 Å². The van der Waals surface area contributed by atoms with Crippen molar-refractivity contribution in [1.29, 1.82) is 0 Å². The number of imide groups is 1. The lowest BCUT2D eigenvalue weighted by Crippen LogP contribution is -2.62. The summed E-state index contributed by atoms with van der Waals surface area (Å²) in [6.07, 6.45) is 9.23. The van der Waals surface area contributed by atoms with Crippen LogP contribution in [0.2, 0.25) is 0 Å². The molecule has 0 unspecified atom stereocenters. The minimum absolute atomic E-state index is 0.0202. The van der Waals surface area contributed by atoms with E-state index in [2.05, 4.69) is 20.4 Å². The van der Waals surface area contributed by atoms with Gasteiger partial charge >= 0.3 is 0 Å². The summed E-state index contributed by atoms with van der Waals surface area (Å²) in [5, 5.41) is 7.09. The molecule has 0 aromatic rings. The largest absolute Gasteiger partial charge is 0.301 e. The van der Waals surface area contributed by atoms with Crippen LogP contribution in [-0.4, -0.2) is 85.2 Å². The predicted molar refractivity (Wildman–Crippen MR) is 109 cm³/mol. The number of carbonyl (C=O) groups is 2. The Kier molecular flexibility index (Phi) is 6.66. The van der Waals surface area contributed by atoms with Gasteiger partial charge in [-0.25, -0.2) is 0 Å². The summed E-state index contributed by atoms with van der Waals surface area (Å²) in [7, 11) is 0. The number of carbonyl (C=O) groups excluding carboxylic acids is 2. The number of unbranched alkanes of at least 4 members (excludes halogenated alkanes) is 1. The van der Waals surface area contributed by atoms with Crippen LogP contribution in [0.5, 0.6) is 0 Å². The van der Waals surface area contributed by atoms with Crippen molar-refractivity contribution < 1.29 is 9.59 Å². The minimum atomic E-state index is 0.0202. The monoisotopic (exact) mass is 391 g/mol. The molecule has 28 heavy (non-hydrogen) atoms. The molecule has 4 aliphatic rings. The molecule has 4 rings (SSSR count). The number of likely N-dealkylation sites (tertiary alicyclic amines) is 1. The molecule has 0 radical (unpaired) electrons. The molecule has 2 N–H and O–H groups in total. The highest BCUT2D eigenvalue weighted by Crippen LogP contribution is 2.46. The number of piperazine rings is 1. The molecule has 7 nitrogen and oxygen atoms in total. The fourth-order valence-corrected chi connectivity index (χ4v) is 5.51. The Morgan fingerprint density at radius 2 is 1.43 bits per heavy atom. The van der Waals surface area contributed by atoms with Gasteiger partial charge in [0.05, 0.1) is 0 Å². The normalized spacial score (nSPS) is 27.8. The maximum absolute atomic E-state index is 12.5. The first-order valence-corrected chi connectivity index (χ1v) is 11.4. The number of amides is 2. The van der Waals surface area contributed by atoms with Gasteiger partial charge in [0, 0.05) is 45.6 Å². The molecular weight excluding hydrogens is 354 g/mol. The van der Waals surface area contributed by atoms with Gasteiger partial charge in [-0.15, -0.1) is 0 Å². The van der Waals surface area contributed by atoms with E-state index in [1.807, 2.05) is 0 Å². The fraction of sp³-hybridized carbons (Fsp3) is 0.905. The van der Waals surface area contributed by atoms with Crippen molar-refractivity contribution in [2.75, 3.05) is 52.4 Å². The summed E-state index contributed by atoms with van der Waals surface area (Å²) >= 11 is 0. The molecule has 3 saturated heterocycles. The third-order valence-corrected chi connectivity index (χ3v) is 7.23. The first-order chi connectivity index (χ1) is 13.7. The molecule has 3 aliphatic heterocycles. The molecule has 1 aliphatic carbocycles. The highest BCUT2D eigenvalue weighted by atomic mass is 16.2. The van der Waals surface area contributed by atoms with Crippen molar-refractivity contribution >= 4 is 11.8 Å². The number of piperidine rings is 1. The molecule has 7 heteroatoms. The van der Waals surface area contributed by atoms with E-state index < -0.39 is 0 Å². The first-order valence-electron chi connectivity index (χ1n) is 11.4. The number of nitrogens with zero attached hydrogens (tertiary/aromatic N) is 3. The van der Waals surface area contributed by atoms with Crippen LogP contribution < -0.4 is 10.6 Å². The summed E-state index contributed by atoms with van der Waals surface area (Å²) in [4.78, 5) is 31.6. The zero-order valence-corrected chi connectivity index (χ0v) is 17.3. The third kappa shape index (κ3) is 4.75. The molecule has 0 aromatic carbocycles. The van der Waals surface area contributed by atoms with E-state index in [9.17, 15) is 9.59 Å². The van der Waals surface area contributed by atoms with Gasteiger partial charge in [-0.3, -0.25) is 30.0 Å². The lowest BCUT2D eigenvalue weighted by atomic mass is 9.76. The second-order valence-electron chi connectivity index (χ2n) is 9.25. The standard InChI is InChI=1S/C21H37N5O2/c27-18-16-21(6-1-2-7-21)17-19(28)26(18)11-4-3-10-24-12-14-25(15-13-24)20-22-8-5-9-23-20/h20,22-23H,1-17H2. The number of nitrogens with one attached hydrogen (secondary N) is 2. The summed E-state index contributed by atoms with van der Waals surface area (Å²) in [5.74, 6) is 0.165. The average Bonchev–Trinajstić information content (AvgIpc) is 3.15. The van der Waals surface area contributed by atoms with E-state index in [0.717, 1.165) is 71.5 Å². The maximum atomic E-state index is 12.5. The van der Waals surface area contributed by atoms with Crippen LogP contribution in [0.15, 0.2) is 0 Å². The molecule has 2 amide bonds. The van der Waals surface area contributed by atoms with Crippen molar-refractivity contribution in [3.05, 3.63) is 0 Å². The molecule has 0 aromatic heterocycles. The zero-order chi connectivity index (χ0) is 19.4. The fourth-order valence-electron chi connectivity index (χ4n) is 5.51.